The van der Waals surface area contributed by atoms with E-state index in [1.54, 1.807) is 24.3 Å². The van der Waals surface area contributed by atoms with Crippen molar-refractivity contribution in [2.45, 2.75) is 61.6 Å². The minimum Gasteiger partial charge on any atom is -0.339 e. The lowest BCUT2D eigenvalue weighted by atomic mass is 9.96. The summed E-state index contributed by atoms with van der Waals surface area (Å²) in [6.45, 7) is 2.32. The Morgan fingerprint density at radius 2 is 1.45 bits per heavy atom. The fraction of sp³-hybridized carbons (Fsp3) is 0.333. The van der Waals surface area contributed by atoms with E-state index < -0.39 is 52.1 Å². The van der Waals surface area contributed by atoms with Crippen LogP contribution in [0.1, 0.15) is 37.4 Å². The summed E-state index contributed by atoms with van der Waals surface area (Å²) in [5, 5.41) is 14.4. The molecule has 0 spiro atoms. The van der Waals surface area contributed by atoms with Crippen molar-refractivity contribution in [3.8, 4) is 17.2 Å². The molecule has 0 unspecified atom stereocenters. The molecule has 0 bridgehead atoms. The molecule has 6 nitrogen and oxygen atoms in total. The highest BCUT2D eigenvalue weighted by molar-refractivity contribution is 14.1. The third kappa shape index (κ3) is 9.78. The number of benzene rings is 3. The molecule has 3 atom stereocenters. The number of nitrogens with one attached hydrogen (secondary N) is 2. The van der Waals surface area contributed by atoms with E-state index in [0.29, 0.717) is 11.1 Å². The Kier molecular flexibility index (Phi) is 10.8. The summed E-state index contributed by atoms with van der Waals surface area (Å²) in [6, 6.07) is 15.5. The van der Waals surface area contributed by atoms with Gasteiger partial charge in [-0.1, -0.05) is 48.5 Å². The van der Waals surface area contributed by atoms with Gasteiger partial charge in [0.25, 0.3) is 0 Å². The van der Waals surface area contributed by atoms with Crippen molar-refractivity contribution in [2.75, 3.05) is 6.26 Å². The Balaban J connectivity index is 1.84. The molecule has 224 valence electrons. The Labute approximate surface area is 256 Å². The molecule has 0 saturated heterocycles. The maximum Gasteiger partial charge on any atom is 0.407 e. The molecule has 0 aromatic heterocycles. The molecule has 3 rings (SSSR count). The van der Waals surface area contributed by atoms with E-state index in [4.69, 9.17) is 0 Å². The first-order valence-corrected chi connectivity index (χ1v) is 15.8. The van der Waals surface area contributed by atoms with Gasteiger partial charge < -0.3 is 5.32 Å². The zero-order valence-electron chi connectivity index (χ0n) is 23.0. The SMILES string of the molecule is CC(C)(F)C[C@H](N[C@@H](c1ccc(-c2ccc(S(C)(=O)=O)cc2)cc1)C(F)(F)F)C(=O)N[C@H](C#N)Cc1ccc(I)cc1. The fourth-order valence-corrected chi connectivity index (χ4v) is 5.30. The van der Waals surface area contributed by atoms with Gasteiger partial charge in [0, 0.05) is 22.7 Å². The van der Waals surface area contributed by atoms with E-state index in [0.717, 1.165) is 29.2 Å². The van der Waals surface area contributed by atoms with Gasteiger partial charge in [-0.2, -0.15) is 18.4 Å². The second kappa shape index (κ2) is 13.5. The third-order valence-corrected chi connectivity index (χ3v) is 8.23. The van der Waals surface area contributed by atoms with Crippen LogP contribution in [-0.2, 0) is 21.1 Å². The topological polar surface area (TPSA) is 99.1 Å². The van der Waals surface area contributed by atoms with Crippen molar-refractivity contribution >= 4 is 38.3 Å². The number of carbonyl (C=O) groups is 1. The van der Waals surface area contributed by atoms with Crippen LogP contribution in [0.5, 0.6) is 0 Å². The first kappa shape index (κ1) is 33.5. The maximum atomic E-state index is 14.7. The molecule has 0 heterocycles. The van der Waals surface area contributed by atoms with E-state index in [2.05, 4.69) is 33.2 Å². The molecule has 3 aromatic rings. The monoisotopic (exact) mass is 715 g/mol. The second-order valence-corrected chi connectivity index (χ2v) is 13.8. The fourth-order valence-electron chi connectivity index (χ4n) is 4.31. The molecule has 0 aliphatic heterocycles. The largest absolute Gasteiger partial charge is 0.407 e. The minimum atomic E-state index is -4.84. The number of hydrogen-bond acceptors (Lipinski definition) is 5. The first-order valence-electron chi connectivity index (χ1n) is 12.8. The Morgan fingerprint density at radius 3 is 1.90 bits per heavy atom. The molecule has 12 heteroatoms. The van der Waals surface area contributed by atoms with Crippen molar-refractivity contribution in [2.24, 2.45) is 0 Å². The van der Waals surface area contributed by atoms with Crippen LogP contribution in [0.25, 0.3) is 11.1 Å². The van der Waals surface area contributed by atoms with Gasteiger partial charge in [0.2, 0.25) is 5.91 Å². The number of carbonyl (C=O) groups excluding carboxylic acids is 1. The molecular weight excluding hydrogens is 685 g/mol. The van der Waals surface area contributed by atoms with E-state index in [1.165, 1.54) is 36.4 Å². The highest BCUT2D eigenvalue weighted by Crippen LogP contribution is 2.35. The summed E-state index contributed by atoms with van der Waals surface area (Å²) in [5.41, 5.74) is -0.310. The molecule has 2 N–H and O–H groups in total. The lowest BCUT2D eigenvalue weighted by Gasteiger charge is -2.30. The molecule has 42 heavy (non-hydrogen) atoms. The molecule has 3 aromatic carbocycles. The summed E-state index contributed by atoms with van der Waals surface area (Å²) in [7, 11) is -3.41. The average molecular weight is 716 g/mol. The number of hydrogen-bond donors (Lipinski definition) is 2. The number of rotatable bonds is 11. The van der Waals surface area contributed by atoms with Crippen molar-refractivity contribution in [1.29, 1.82) is 5.26 Å². The van der Waals surface area contributed by atoms with Crippen LogP contribution in [-0.4, -0.2) is 44.5 Å². The van der Waals surface area contributed by atoms with E-state index in [9.17, 15) is 36.0 Å². The zero-order valence-corrected chi connectivity index (χ0v) is 26.0. The predicted molar refractivity (Wildman–Crippen MR) is 161 cm³/mol. The number of halogens is 5. The maximum absolute atomic E-state index is 14.7. The molecule has 0 fully saturated rings. The zero-order chi connectivity index (χ0) is 31.3. The third-order valence-electron chi connectivity index (χ3n) is 6.39. The number of nitrogens with zero attached hydrogens (tertiary/aromatic N) is 1. The second-order valence-electron chi connectivity index (χ2n) is 10.6. The van der Waals surface area contributed by atoms with Crippen LogP contribution in [0.3, 0.4) is 0 Å². The highest BCUT2D eigenvalue weighted by Gasteiger charge is 2.44. The number of sulfone groups is 1. The first-order chi connectivity index (χ1) is 19.5. The summed E-state index contributed by atoms with van der Waals surface area (Å²) in [6.07, 6.45) is -4.21. The Morgan fingerprint density at radius 1 is 0.929 bits per heavy atom. The molecular formula is C30H30F4IN3O3S. The normalized spacial score (nSPS) is 14.5. The van der Waals surface area contributed by atoms with Gasteiger partial charge in [0.05, 0.1) is 17.0 Å². The number of amides is 1. The van der Waals surface area contributed by atoms with Crippen molar-refractivity contribution in [1.82, 2.24) is 10.6 Å². The van der Waals surface area contributed by atoms with Gasteiger partial charge >= 0.3 is 6.18 Å². The van der Waals surface area contributed by atoms with E-state index in [-0.39, 0.29) is 16.9 Å². The van der Waals surface area contributed by atoms with Gasteiger partial charge in [-0.15, -0.1) is 0 Å². The van der Waals surface area contributed by atoms with E-state index in [1.807, 2.05) is 18.2 Å². The highest BCUT2D eigenvalue weighted by atomic mass is 127. The van der Waals surface area contributed by atoms with Crippen molar-refractivity contribution < 1.29 is 30.8 Å². The summed E-state index contributed by atoms with van der Waals surface area (Å²) >= 11 is 2.12. The van der Waals surface area contributed by atoms with Gasteiger partial charge in [-0.25, -0.2) is 12.8 Å². The van der Waals surface area contributed by atoms with Crippen LogP contribution < -0.4 is 10.6 Å². The minimum absolute atomic E-state index is 0.112. The molecule has 0 aliphatic carbocycles. The van der Waals surface area contributed by atoms with E-state index >= 15 is 0 Å². The summed E-state index contributed by atoms with van der Waals surface area (Å²) < 4.78 is 82.0. The molecule has 0 saturated carbocycles. The van der Waals surface area contributed by atoms with Crippen LogP contribution in [0.2, 0.25) is 0 Å². The van der Waals surface area contributed by atoms with Crippen molar-refractivity contribution in [3.05, 3.63) is 87.5 Å². The van der Waals surface area contributed by atoms with Gasteiger partial charge in [-0.3, -0.25) is 10.1 Å². The van der Waals surface area contributed by atoms with Gasteiger partial charge in [0.15, 0.2) is 9.84 Å². The van der Waals surface area contributed by atoms with Crippen LogP contribution in [0.15, 0.2) is 77.7 Å². The lowest BCUT2D eigenvalue weighted by molar-refractivity contribution is -0.161. The van der Waals surface area contributed by atoms with Crippen molar-refractivity contribution in [3.63, 3.8) is 0 Å². The quantitative estimate of drug-likeness (QED) is 0.179. The number of alkyl halides is 4. The van der Waals surface area contributed by atoms with Gasteiger partial charge in [0.1, 0.15) is 17.8 Å². The Bertz CT molecular complexity index is 1510. The Hall–Kier alpha value is -3.02. The molecule has 0 aliphatic rings. The number of nitriles is 1. The van der Waals surface area contributed by atoms with Crippen LogP contribution >= 0.6 is 22.6 Å². The average Bonchev–Trinajstić information content (AvgIpc) is 2.90. The van der Waals surface area contributed by atoms with Gasteiger partial charge in [-0.05, 0) is 83.0 Å². The van der Waals surface area contributed by atoms with Crippen LogP contribution in [0, 0.1) is 14.9 Å². The predicted octanol–water partition coefficient (Wildman–Crippen LogP) is 6.31. The molecule has 0 radical (unpaired) electrons. The summed E-state index contributed by atoms with van der Waals surface area (Å²) in [4.78, 5) is 13.3. The summed E-state index contributed by atoms with van der Waals surface area (Å²) in [5.74, 6) is -0.922. The standard InChI is InChI=1S/C30H30F4IN3O3S/c1-29(2,31)17-26(28(39)37-24(18-36)16-19-4-12-23(35)13-5-19)38-27(30(32,33)34)22-8-6-20(7-9-22)21-10-14-25(15-11-21)42(3,40)41/h4-15,24,26-27,38H,16-17H2,1-3H3,(H,37,39)/t24-,26-,27-/m0/s1. The lowest BCUT2D eigenvalue weighted by Crippen LogP contribution is -2.53. The van der Waals surface area contributed by atoms with Crippen LogP contribution in [0.4, 0.5) is 17.6 Å². The molecule has 1 amide bonds. The smallest absolute Gasteiger partial charge is 0.339 e.